The van der Waals surface area contributed by atoms with Crippen LogP contribution in [-0.4, -0.2) is 19.5 Å². The number of carbonyl (C=O) groups excluding carboxylic acids is 1. The molecule has 2 rings (SSSR count). The minimum Gasteiger partial charge on any atom is -0.496 e. The van der Waals surface area contributed by atoms with E-state index in [-0.39, 0.29) is 5.78 Å². The lowest BCUT2D eigenvalue weighted by Gasteiger charge is -2.09. The van der Waals surface area contributed by atoms with Gasteiger partial charge in [-0.1, -0.05) is 11.6 Å². The molecule has 0 bridgehead atoms. The van der Waals surface area contributed by atoms with Crippen LogP contribution in [0.25, 0.3) is 0 Å². The van der Waals surface area contributed by atoms with E-state index in [9.17, 15) is 4.79 Å². The first-order chi connectivity index (χ1) is 9.65. The van der Waals surface area contributed by atoms with E-state index < -0.39 is 0 Å². The zero-order chi connectivity index (χ0) is 14.5. The zero-order valence-electron chi connectivity index (χ0n) is 12.0. The fraction of sp³-hybridized carbons (Fsp3) is 0.235. The first-order valence-electron chi connectivity index (χ1n) is 6.58. The third kappa shape index (κ3) is 2.99. The Bertz CT molecular complexity index is 600. The Morgan fingerprint density at radius 1 is 1.10 bits per heavy atom. The summed E-state index contributed by atoms with van der Waals surface area (Å²) in [6, 6.07) is 12.7. The molecule has 3 nitrogen and oxygen atoms in total. The molecule has 0 heterocycles. The first-order valence-corrected chi connectivity index (χ1v) is 6.58. The summed E-state index contributed by atoms with van der Waals surface area (Å²) < 4.78 is 10.6. The number of aryl methyl sites for hydroxylation is 1. The van der Waals surface area contributed by atoms with Gasteiger partial charge < -0.3 is 9.47 Å². The maximum atomic E-state index is 12.5. The number of hydrogen-bond donors (Lipinski definition) is 0. The lowest BCUT2D eigenvalue weighted by molar-refractivity contribution is 0.103. The van der Waals surface area contributed by atoms with Gasteiger partial charge in [0.25, 0.3) is 0 Å². The molecule has 104 valence electrons. The van der Waals surface area contributed by atoms with Gasteiger partial charge in [-0.3, -0.25) is 4.79 Å². The Balaban J connectivity index is 2.33. The van der Waals surface area contributed by atoms with Crippen LogP contribution in [0.4, 0.5) is 0 Å². The van der Waals surface area contributed by atoms with Gasteiger partial charge in [-0.15, -0.1) is 0 Å². The monoisotopic (exact) mass is 270 g/mol. The third-order valence-electron chi connectivity index (χ3n) is 3.03. The van der Waals surface area contributed by atoms with Gasteiger partial charge in [0.2, 0.25) is 0 Å². The van der Waals surface area contributed by atoms with Crippen molar-refractivity contribution in [3.8, 4) is 11.5 Å². The van der Waals surface area contributed by atoms with Crippen LogP contribution < -0.4 is 9.47 Å². The van der Waals surface area contributed by atoms with E-state index in [1.807, 2.05) is 32.0 Å². The molecule has 2 aromatic carbocycles. The molecule has 0 saturated heterocycles. The predicted molar refractivity (Wildman–Crippen MR) is 78.8 cm³/mol. The van der Waals surface area contributed by atoms with Gasteiger partial charge in [-0.2, -0.15) is 0 Å². The van der Waals surface area contributed by atoms with Crippen molar-refractivity contribution in [1.82, 2.24) is 0 Å². The summed E-state index contributed by atoms with van der Waals surface area (Å²) in [7, 11) is 1.57. The highest BCUT2D eigenvalue weighted by Crippen LogP contribution is 2.23. The maximum absolute atomic E-state index is 12.5. The molecule has 0 aliphatic carbocycles. The summed E-state index contributed by atoms with van der Waals surface area (Å²) in [6.45, 7) is 4.49. The van der Waals surface area contributed by atoms with Crippen LogP contribution >= 0.6 is 0 Å². The van der Waals surface area contributed by atoms with Crippen LogP contribution in [0.15, 0.2) is 42.5 Å². The zero-order valence-corrected chi connectivity index (χ0v) is 12.0. The molecule has 0 fully saturated rings. The number of methoxy groups -OCH3 is 1. The highest BCUT2D eigenvalue weighted by molar-refractivity contribution is 6.10. The normalized spacial score (nSPS) is 10.2. The van der Waals surface area contributed by atoms with E-state index in [2.05, 4.69) is 0 Å². The number of carbonyl (C=O) groups is 1. The fourth-order valence-corrected chi connectivity index (χ4v) is 2.02. The fourth-order valence-electron chi connectivity index (χ4n) is 2.02. The summed E-state index contributed by atoms with van der Waals surface area (Å²) in [4.78, 5) is 12.5. The standard InChI is InChI=1S/C17H18O3/c1-4-20-14-8-6-13(7-9-14)17(18)15-11-12(2)5-10-16(15)19-3/h5-11H,4H2,1-3H3. The number of rotatable bonds is 5. The van der Waals surface area contributed by atoms with Gasteiger partial charge in [0.05, 0.1) is 19.3 Å². The molecule has 0 aromatic heterocycles. The molecule has 0 amide bonds. The molecule has 0 aliphatic heterocycles. The molecule has 0 unspecified atom stereocenters. The average molecular weight is 270 g/mol. The van der Waals surface area contributed by atoms with E-state index in [1.54, 1.807) is 31.4 Å². The average Bonchev–Trinajstić information content (AvgIpc) is 2.47. The van der Waals surface area contributed by atoms with Gasteiger partial charge >= 0.3 is 0 Å². The Kier molecular flexibility index (Phi) is 4.41. The van der Waals surface area contributed by atoms with E-state index in [0.29, 0.717) is 23.5 Å². The second-order valence-electron chi connectivity index (χ2n) is 4.49. The second-order valence-corrected chi connectivity index (χ2v) is 4.49. The molecule has 0 atom stereocenters. The summed E-state index contributed by atoms with van der Waals surface area (Å²) in [5, 5.41) is 0. The summed E-state index contributed by atoms with van der Waals surface area (Å²) >= 11 is 0. The number of benzene rings is 2. The predicted octanol–water partition coefficient (Wildman–Crippen LogP) is 3.63. The number of hydrogen-bond acceptors (Lipinski definition) is 3. The van der Waals surface area contributed by atoms with E-state index in [4.69, 9.17) is 9.47 Å². The summed E-state index contributed by atoms with van der Waals surface area (Å²) in [5.74, 6) is 1.31. The van der Waals surface area contributed by atoms with Crippen molar-refractivity contribution < 1.29 is 14.3 Å². The Hall–Kier alpha value is -2.29. The molecule has 2 aromatic rings. The van der Waals surface area contributed by atoms with Crippen LogP contribution in [0.3, 0.4) is 0 Å². The number of ketones is 1. The quantitative estimate of drug-likeness (QED) is 0.778. The molecule has 0 N–H and O–H groups in total. The summed E-state index contributed by atoms with van der Waals surface area (Å²) in [5.41, 5.74) is 2.23. The Morgan fingerprint density at radius 3 is 2.40 bits per heavy atom. The summed E-state index contributed by atoms with van der Waals surface area (Å²) in [6.07, 6.45) is 0. The molecule has 20 heavy (non-hydrogen) atoms. The minimum absolute atomic E-state index is 0.0476. The highest BCUT2D eigenvalue weighted by Gasteiger charge is 2.14. The van der Waals surface area contributed by atoms with Crippen LogP contribution in [0, 0.1) is 6.92 Å². The van der Waals surface area contributed by atoms with Gasteiger partial charge in [0.1, 0.15) is 11.5 Å². The van der Waals surface area contributed by atoms with Crippen molar-refractivity contribution in [2.24, 2.45) is 0 Å². The molecule has 0 spiro atoms. The van der Waals surface area contributed by atoms with Crippen LogP contribution in [-0.2, 0) is 0 Å². The molecule has 0 radical (unpaired) electrons. The van der Waals surface area contributed by atoms with Crippen molar-refractivity contribution in [3.05, 3.63) is 59.2 Å². The van der Waals surface area contributed by atoms with Crippen molar-refractivity contribution in [2.75, 3.05) is 13.7 Å². The minimum atomic E-state index is -0.0476. The highest BCUT2D eigenvalue weighted by atomic mass is 16.5. The number of ether oxygens (including phenoxy) is 2. The lowest BCUT2D eigenvalue weighted by Crippen LogP contribution is -2.04. The van der Waals surface area contributed by atoms with E-state index >= 15 is 0 Å². The molecule has 0 aliphatic rings. The lowest BCUT2D eigenvalue weighted by atomic mass is 10.0. The molecule has 0 saturated carbocycles. The van der Waals surface area contributed by atoms with E-state index in [1.165, 1.54) is 0 Å². The second kappa shape index (κ2) is 6.24. The molecular weight excluding hydrogens is 252 g/mol. The SMILES string of the molecule is CCOc1ccc(C(=O)c2cc(C)ccc2OC)cc1. The van der Waals surface area contributed by atoms with Gasteiger partial charge in [0.15, 0.2) is 5.78 Å². The van der Waals surface area contributed by atoms with Gasteiger partial charge in [0, 0.05) is 5.56 Å². The van der Waals surface area contributed by atoms with Gasteiger partial charge in [-0.05, 0) is 50.2 Å². The maximum Gasteiger partial charge on any atom is 0.196 e. The topological polar surface area (TPSA) is 35.5 Å². The van der Waals surface area contributed by atoms with Gasteiger partial charge in [-0.25, -0.2) is 0 Å². The Morgan fingerprint density at radius 2 is 1.80 bits per heavy atom. The van der Waals surface area contributed by atoms with E-state index in [0.717, 1.165) is 11.3 Å². The van der Waals surface area contributed by atoms with Crippen molar-refractivity contribution in [3.63, 3.8) is 0 Å². The van der Waals surface area contributed by atoms with Crippen molar-refractivity contribution in [1.29, 1.82) is 0 Å². The van der Waals surface area contributed by atoms with Crippen LogP contribution in [0.1, 0.15) is 28.4 Å². The van der Waals surface area contributed by atoms with Crippen LogP contribution in [0.5, 0.6) is 11.5 Å². The van der Waals surface area contributed by atoms with Crippen molar-refractivity contribution in [2.45, 2.75) is 13.8 Å². The van der Waals surface area contributed by atoms with Crippen LogP contribution in [0.2, 0.25) is 0 Å². The third-order valence-corrected chi connectivity index (χ3v) is 3.03. The smallest absolute Gasteiger partial charge is 0.196 e. The largest absolute Gasteiger partial charge is 0.496 e. The molecule has 3 heteroatoms. The Labute approximate surface area is 119 Å². The van der Waals surface area contributed by atoms with Crippen molar-refractivity contribution >= 4 is 5.78 Å². The first kappa shape index (κ1) is 14.1. The molecular formula is C17H18O3.